The molecule has 1 aromatic carbocycles. The van der Waals surface area contributed by atoms with E-state index in [9.17, 15) is 0 Å². The Balaban J connectivity index is 1.58. The van der Waals surface area contributed by atoms with Gasteiger partial charge in [-0.2, -0.15) is 0 Å². The number of ether oxygens (including phenoxy) is 2. The van der Waals surface area contributed by atoms with E-state index in [0.717, 1.165) is 31.2 Å². The number of methoxy groups -OCH3 is 1. The van der Waals surface area contributed by atoms with Crippen LogP contribution in [0, 0.1) is 0 Å². The molecule has 1 aromatic rings. The number of benzene rings is 1. The van der Waals surface area contributed by atoms with Gasteiger partial charge in [-0.1, -0.05) is 6.42 Å². The maximum absolute atomic E-state index is 5.76. The van der Waals surface area contributed by atoms with Crippen LogP contribution in [0.4, 0.5) is 0 Å². The van der Waals surface area contributed by atoms with Crippen molar-refractivity contribution in [1.82, 2.24) is 9.80 Å². The monoisotopic (exact) mass is 292 g/mol. The molecule has 0 N–H and O–H groups in total. The molecular formula is C17H28N2O2. The Kier molecular flexibility index (Phi) is 6.83. The summed E-state index contributed by atoms with van der Waals surface area (Å²) in [6, 6.07) is 7.75. The van der Waals surface area contributed by atoms with E-state index in [1.54, 1.807) is 7.11 Å². The van der Waals surface area contributed by atoms with Crippen LogP contribution in [0.25, 0.3) is 0 Å². The summed E-state index contributed by atoms with van der Waals surface area (Å²) in [5, 5.41) is 0. The predicted octanol–water partition coefficient (Wildman–Crippen LogP) is 2.49. The van der Waals surface area contributed by atoms with E-state index in [1.165, 1.54) is 38.9 Å². The average molecular weight is 292 g/mol. The van der Waals surface area contributed by atoms with Crippen molar-refractivity contribution >= 4 is 0 Å². The molecule has 1 fully saturated rings. The Morgan fingerprint density at radius 1 is 1.00 bits per heavy atom. The van der Waals surface area contributed by atoms with Crippen LogP contribution in [0.3, 0.4) is 0 Å². The van der Waals surface area contributed by atoms with Crippen molar-refractivity contribution in [1.29, 1.82) is 0 Å². The first-order valence-electron chi connectivity index (χ1n) is 7.95. The van der Waals surface area contributed by atoms with Crippen LogP contribution in [0.1, 0.15) is 19.3 Å². The molecule has 0 aromatic heterocycles. The number of nitrogens with zero attached hydrogens (tertiary/aromatic N) is 2. The summed E-state index contributed by atoms with van der Waals surface area (Å²) in [6.07, 6.45) is 4.14. The number of likely N-dealkylation sites (N-methyl/N-ethyl adjacent to an activating group) is 1. The van der Waals surface area contributed by atoms with E-state index in [2.05, 4.69) is 16.8 Å². The number of likely N-dealkylation sites (tertiary alicyclic amines) is 1. The molecule has 1 saturated heterocycles. The topological polar surface area (TPSA) is 24.9 Å². The van der Waals surface area contributed by atoms with Crippen LogP contribution in [0.15, 0.2) is 24.3 Å². The summed E-state index contributed by atoms with van der Waals surface area (Å²) in [4.78, 5) is 4.92. The number of piperidine rings is 1. The Hall–Kier alpha value is -1.26. The smallest absolute Gasteiger partial charge is 0.119 e. The lowest BCUT2D eigenvalue weighted by Gasteiger charge is -2.28. The van der Waals surface area contributed by atoms with Crippen molar-refractivity contribution in [3.63, 3.8) is 0 Å². The highest BCUT2D eigenvalue weighted by Gasteiger charge is 2.10. The number of hydrogen-bond donors (Lipinski definition) is 0. The maximum atomic E-state index is 5.76. The molecule has 0 unspecified atom stereocenters. The second kappa shape index (κ2) is 8.90. The summed E-state index contributed by atoms with van der Waals surface area (Å²) in [6.45, 7) is 6.53. The summed E-state index contributed by atoms with van der Waals surface area (Å²) < 4.78 is 10.9. The zero-order valence-corrected chi connectivity index (χ0v) is 13.4. The number of rotatable bonds is 8. The van der Waals surface area contributed by atoms with Crippen LogP contribution >= 0.6 is 0 Å². The zero-order chi connectivity index (χ0) is 14.9. The van der Waals surface area contributed by atoms with Gasteiger partial charge in [-0.05, 0) is 57.2 Å². The van der Waals surface area contributed by atoms with Gasteiger partial charge in [0.2, 0.25) is 0 Å². The molecule has 21 heavy (non-hydrogen) atoms. The molecule has 0 amide bonds. The molecule has 2 rings (SSSR count). The van der Waals surface area contributed by atoms with Crippen LogP contribution in [0.5, 0.6) is 11.5 Å². The summed E-state index contributed by atoms with van der Waals surface area (Å²) in [7, 11) is 3.84. The molecule has 0 spiro atoms. The van der Waals surface area contributed by atoms with Crippen molar-refractivity contribution in [3.05, 3.63) is 24.3 Å². The normalized spacial score (nSPS) is 16.1. The van der Waals surface area contributed by atoms with Crippen molar-refractivity contribution in [3.8, 4) is 11.5 Å². The average Bonchev–Trinajstić information content (AvgIpc) is 2.54. The lowest BCUT2D eigenvalue weighted by atomic mass is 10.1. The second-order valence-electron chi connectivity index (χ2n) is 5.73. The lowest BCUT2D eigenvalue weighted by molar-refractivity contribution is 0.181. The minimum absolute atomic E-state index is 0.725. The van der Waals surface area contributed by atoms with Gasteiger partial charge in [-0.3, -0.25) is 0 Å². The van der Waals surface area contributed by atoms with Crippen molar-refractivity contribution in [2.24, 2.45) is 0 Å². The molecule has 1 heterocycles. The van der Waals surface area contributed by atoms with Gasteiger partial charge in [0.05, 0.1) is 7.11 Å². The van der Waals surface area contributed by atoms with Gasteiger partial charge in [0.25, 0.3) is 0 Å². The first-order chi connectivity index (χ1) is 10.3. The van der Waals surface area contributed by atoms with E-state index < -0.39 is 0 Å². The highest BCUT2D eigenvalue weighted by molar-refractivity contribution is 5.31. The van der Waals surface area contributed by atoms with Gasteiger partial charge in [-0.15, -0.1) is 0 Å². The molecule has 0 aliphatic carbocycles. The van der Waals surface area contributed by atoms with E-state index in [-0.39, 0.29) is 0 Å². The summed E-state index contributed by atoms with van der Waals surface area (Å²) in [5.74, 6) is 1.77. The molecule has 0 atom stereocenters. The Morgan fingerprint density at radius 3 is 2.33 bits per heavy atom. The minimum atomic E-state index is 0.725. The fourth-order valence-electron chi connectivity index (χ4n) is 2.60. The van der Waals surface area contributed by atoms with Gasteiger partial charge in [0.1, 0.15) is 18.1 Å². The molecular weight excluding hydrogens is 264 g/mol. The third kappa shape index (κ3) is 5.94. The van der Waals surface area contributed by atoms with Crippen molar-refractivity contribution in [2.45, 2.75) is 19.3 Å². The van der Waals surface area contributed by atoms with E-state index in [4.69, 9.17) is 9.47 Å². The molecule has 4 nitrogen and oxygen atoms in total. The van der Waals surface area contributed by atoms with Crippen LogP contribution < -0.4 is 9.47 Å². The molecule has 4 heteroatoms. The first kappa shape index (κ1) is 16.1. The van der Waals surface area contributed by atoms with E-state index in [1.807, 2.05) is 24.3 Å². The molecule has 0 saturated carbocycles. The van der Waals surface area contributed by atoms with Crippen LogP contribution in [-0.2, 0) is 0 Å². The third-order valence-corrected chi connectivity index (χ3v) is 4.05. The molecule has 1 aliphatic heterocycles. The largest absolute Gasteiger partial charge is 0.497 e. The van der Waals surface area contributed by atoms with Gasteiger partial charge in [0.15, 0.2) is 0 Å². The van der Waals surface area contributed by atoms with Gasteiger partial charge in [-0.25, -0.2) is 0 Å². The quantitative estimate of drug-likeness (QED) is 0.735. The number of hydrogen-bond acceptors (Lipinski definition) is 4. The SMILES string of the molecule is COc1ccc(OCCN(C)CCN2CCCCC2)cc1. The molecule has 118 valence electrons. The van der Waals surface area contributed by atoms with E-state index >= 15 is 0 Å². The molecule has 0 radical (unpaired) electrons. The first-order valence-corrected chi connectivity index (χ1v) is 7.95. The standard InChI is InChI=1S/C17H28N2O2/c1-18(12-13-19-10-4-3-5-11-19)14-15-21-17-8-6-16(20-2)7-9-17/h6-9H,3-5,10-15H2,1-2H3. The fraction of sp³-hybridized carbons (Fsp3) is 0.647. The summed E-state index contributed by atoms with van der Waals surface area (Å²) >= 11 is 0. The van der Waals surface area contributed by atoms with Crippen molar-refractivity contribution in [2.75, 3.05) is 53.5 Å². The second-order valence-corrected chi connectivity index (χ2v) is 5.73. The van der Waals surface area contributed by atoms with E-state index in [0.29, 0.717) is 0 Å². The van der Waals surface area contributed by atoms with Gasteiger partial charge >= 0.3 is 0 Å². The van der Waals surface area contributed by atoms with Crippen molar-refractivity contribution < 1.29 is 9.47 Å². The lowest BCUT2D eigenvalue weighted by Crippen LogP contribution is -2.37. The van der Waals surface area contributed by atoms with Crippen LogP contribution in [-0.4, -0.2) is 63.3 Å². The third-order valence-electron chi connectivity index (χ3n) is 4.05. The maximum Gasteiger partial charge on any atom is 0.119 e. The predicted molar refractivity (Wildman–Crippen MR) is 86.3 cm³/mol. The highest BCUT2D eigenvalue weighted by atomic mass is 16.5. The molecule has 1 aliphatic rings. The highest BCUT2D eigenvalue weighted by Crippen LogP contribution is 2.16. The fourth-order valence-corrected chi connectivity index (χ4v) is 2.60. The Morgan fingerprint density at radius 2 is 1.67 bits per heavy atom. The van der Waals surface area contributed by atoms with Gasteiger partial charge < -0.3 is 19.3 Å². The molecule has 0 bridgehead atoms. The van der Waals surface area contributed by atoms with Gasteiger partial charge in [0, 0.05) is 19.6 Å². The van der Waals surface area contributed by atoms with Crippen LogP contribution in [0.2, 0.25) is 0 Å². The Labute approximate surface area is 128 Å². The zero-order valence-electron chi connectivity index (χ0n) is 13.4. The minimum Gasteiger partial charge on any atom is -0.497 e. The Bertz CT molecular complexity index is 388. The summed E-state index contributed by atoms with van der Waals surface area (Å²) in [5.41, 5.74) is 0.